The number of nitrogens with one attached hydrogen (secondary N) is 1. The van der Waals surface area contributed by atoms with Crippen molar-refractivity contribution in [2.75, 3.05) is 23.4 Å². The molecule has 1 aliphatic heterocycles. The SMILES string of the molecule is OCC[C@@H]1CCCCN1c1nc(NCc2cccnc2)n2ncc(C3CC3)c2n1. The van der Waals surface area contributed by atoms with Crippen LogP contribution in [0.2, 0.25) is 0 Å². The van der Waals surface area contributed by atoms with E-state index in [1.807, 2.05) is 29.0 Å². The number of nitrogens with zero attached hydrogens (tertiary/aromatic N) is 6. The van der Waals surface area contributed by atoms with Gasteiger partial charge in [0.15, 0.2) is 5.65 Å². The van der Waals surface area contributed by atoms with E-state index in [0.29, 0.717) is 18.4 Å². The quantitative estimate of drug-likeness (QED) is 0.638. The zero-order chi connectivity index (χ0) is 19.6. The van der Waals surface area contributed by atoms with Gasteiger partial charge in [-0.1, -0.05) is 6.07 Å². The van der Waals surface area contributed by atoms with E-state index in [9.17, 15) is 5.11 Å². The molecule has 2 N–H and O–H groups in total. The summed E-state index contributed by atoms with van der Waals surface area (Å²) < 4.78 is 1.83. The zero-order valence-electron chi connectivity index (χ0n) is 16.5. The minimum absolute atomic E-state index is 0.190. The Hall–Kier alpha value is -2.74. The van der Waals surface area contributed by atoms with Crippen LogP contribution in [0.15, 0.2) is 30.7 Å². The van der Waals surface area contributed by atoms with Crippen LogP contribution in [-0.2, 0) is 6.54 Å². The Bertz CT molecular complexity index is 968. The van der Waals surface area contributed by atoms with Crippen LogP contribution in [0, 0.1) is 0 Å². The van der Waals surface area contributed by atoms with Crippen molar-refractivity contribution in [1.82, 2.24) is 24.6 Å². The summed E-state index contributed by atoms with van der Waals surface area (Å²) in [5.74, 6) is 2.01. The predicted molar refractivity (Wildman–Crippen MR) is 111 cm³/mol. The number of rotatable bonds is 7. The van der Waals surface area contributed by atoms with Crippen molar-refractivity contribution < 1.29 is 5.11 Å². The lowest BCUT2D eigenvalue weighted by Crippen LogP contribution is -2.41. The summed E-state index contributed by atoms with van der Waals surface area (Å²) in [6, 6.07) is 4.26. The molecular formula is C21H27N7O. The molecule has 0 amide bonds. The number of aliphatic hydroxyl groups is 1. The Balaban J connectivity index is 1.52. The third-order valence-corrected chi connectivity index (χ3v) is 5.92. The summed E-state index contributed by atoms with van der Waals surface area (Å²) in [4.78, 5) is 16.3. The Morgan fingerprint density at radius 2 is 2.07 bits per heavy atom. The van der Waals surface area contributed by atoms with E-state index >= 15 is 0 Å². The van der Waals surface area contributed by atoms with Gasteiger partial charge in [0, 0.05) is 43.7 Å². The maximum absolute atomic E-state index is 9.51. The van der Waals surface area contributed by atoms with Crippen LogP contribution in [-0.4, -0.2) is 48.9 Å². The summed E-state index contributed by atoms with van der Waals surface area (Å²) in [5.41, 5.74) is 3.21. The number of hydrogen-bond donors (Lipinski definition) is 2. The molecule has 29 heavy (non-hydrogen) atoms. The highest BCUT2D eigenvalue weighted by atomic mass is 16.3. The second-order valence-electron chi connectivity index (χ2n) is 8.03. The average Bonchev–Trinajstić information content (AvgIpc) is 3.52. The monoisotopic (exact) mass is 393 g/mol. The molecule has 1 saturated carbocycles. The van der Waals surface area contributed by atoms with E-state index in [1.165, 1.54) is 24.8 Å². The highest BCUT2D eigenvalue weighted by molar-refractivity contribution is 5.57. The van der Waals surface area contributed by atoms with Crippen molar-refractivity contribution in [3.05, 3.63) is 41.9 Å². The van der Waals surface area contributed by atoms with Crippen LogP contribution < -0.4 is 10.2 Å². The fraction of sp³-hybridized carbons (Fsp3) is 0.524. The summed E-state index contributed by atoms with van der Waals surface area (Å²) >= 11 is 0. The van der Waals surface area contributed by atoms with Crippen molar-refractivity contribution in [3.8, 4) is 0 Å². The number of pyridine rings is 1. The fourth-order valence-electron chi connectivity index (χ4n) is 4.21. The van der Waals surface area contributed by atoms with Gasteiger partial charge in [0.25, 0.3) is 0 Å². The van der Waals surface area contributed by atoms with Gasteiger partial charge in [0.2, 0.25) is 11.9 Å². The lowest BCUT2D eigenvalue weighted by atomic mass is 10.0. The predicted octanol–water partition coefficient (Wildman–Crippen LogP) is 2.75. The molecule has 0 bridgehead atoms. The molecule has 5 rings (SSSR count). The lowest BCUT2D eigenvalue weighted by molar-refractivity contribution is 0.261. The van der Waals surface area contributed by atoms with Crippen molar-refractivity contribution in [1.29, 1.82) is 0 Å². The van der Waals surface area contributed by atoms with Crippen LogP contribution in [0.5, 0.6) is 0 Å². The molecule has 1 atom stereocenters. The summed E-state index contributed by atoms with van der Waals surface area (Å²) in [6.45, 7) is 1.74. The van der Waals surface area contributed by atoms with Gasteiger partial charge in [0.1, 0.15) is 0 Å². The largest absolute Gasteiger partial charge is 0.396 e. The number of aliphatic hydroxyl groups excluding tert-OH is 1. The molecule has 0 spiro atoms. The average molecular weight is 393 g/mol. The molecule has 8 nitrogen and oxygen atoms in total. The molecule has 3 aromatic rings. The molecule has 2 aliphatic rings. The van der Waals surface area contributed by atoms with Crippen LogP contribution in [0.4, 0.5) is 11.9 Å². The van der Waals surface area contributed by atoms with Crippen molar-refractivity contribution >= 4 is 17.5 Å². The number of aromatic nitrogens is 5. The standard InChI is InChI=1S/C21H27N7O/c29-11-8-17-5-1-2-10-27(17)21-25-19-18(16-6-7-16)14-24-28(19)20(26-21)23-13-15-4-3-9-22-12-15/h3-4,9,12,14,16-17,29H,1-2,5-8,10-11,13H2,(H,23,25,26)/t17-/m0/s1. The van der Waals surface area contributed by atoms with E-state index < -0.39 is 0 Å². The van der Waals surface area contributed by atoms with E-state index in [1.54, 1.807) is 6.20 Å². The number of hydrogen-bond acceptors (Lipinski definition) is 7. The van der Waals surface area contributed by atoms with Gasteiger partial charge in [-0.2, -0.15) is 19.6 Å². The molecule has 4 heterocycles. The number of piperidine rings is 1. The fourth-order valence-corrected chi connectivity index (χ4v) is 4.21. The molecule has 8 heteroatoms. The molecule has 2 fully saturated rings. The maximum Gasteiger partial charge on any atom is 0.230 e. The highest BCUT2D eigenvalue weighted by Crippen LogP contribution is 2.42. The highest BCUT2D eigenvalue weighted by Gasteiger charge is 2.30. The topological polar surface area (TPSA) is 91.5 Å². The van der Waals surface area contributed by atoms with E-state index in [0.717, 1.165) is 43.0 Å². The third-order valence-electron chi connectivity index (χ3n) is 5.92. The van der Waals surface area contributed by atoms with Gasteiger partial charge >= 0.3 is 0 Å². The molecule has 0 radical (unpaired) electrons. The zero-order valence-corrected chi connectivity index (χ0v) is 16.5. The third kappa shape index (κ3) is 3.76. The van der Waals surface area contributed by atoms with Gasteiger partial charge in [-0.05, 0) is 56.1 Å². The lowest BCUT2D eigenvalue weighted by Gasteiger charge is -2.35. The normalized spacial score (nSPS) is 19.6. The Morgan fingerprint density at radius 1 is 1.14 bits per heavy atom. The Kier molecular flexibility index (Phi) is 5.01. The van der Waals surface area contributed by atoms with Crippen LogP contribution in [0.1, 0.15) is 55.6 Å². The van der Waals surface area contributed by atoms with Gasteiger partial charge in [-0.25, -0.2) is 0 Å². The molecule has 1 saturated heterocycles. The van der Waals surface area contributed by atoms with E-state index in [-0.39, 0.29) is 12.6 Å². The second kappa shape index (κ2) is 7.94. The summed E-state index contributed by atoms with van der Waals surface area (Å²) in [5, 5.41) is 17.5. The molecule has 152 valence electrons. The number of anilines is 2. The Morgan fingerprint density at radius 3 is 2.86 bits per heavy atom. The number of fused-ring (bicyclic) bond motifs is 1. The second-order valence-corrected chi connectivity index (χ2v) is 8.03. The summed E-state index contributed by atoms with van der Waals surface area (Å²) in [6.07, 6.45) is 12.1. The maximum atomic E-state index is 9.51. The minimum atomic E-state index is 0.190. The first-order chi connectivity index (χ1) is 14.3. The molecule has 1 aliphatic carbocycles. The van der Waals surface area contributed by atoms with Crippen molar-refractivity contribution in [3.63, 3.8) is 0 Å². The Labute approximate surface area is 170 Å². The van der Waals surface area contributed by atoms with Gasteiger partial charge in [-0.15, -0.1) is 0 Å². The van der Waals surface area contributed by atoms with Crippen LogP contribution >= 0.6 is 0 Å². The van der Waals surface area contributed by atoms with E-state index in [2.05, 4.69) is 20.3 Å². The van der Waals surface area contributed by atoms with Crippen LogP contribution in [0.3, 0.4) is 0 Å². The molecule has 3 aromatic heterocycles. The summed E-state index contributed by atoms with van der Waals surface area (Å²) in [7, 11) is 0. The van der Waals surface area contributed by atoms with Gasteiger partial charge in [0.05, 0.1) is 6.20 Å². The first-order valence-electron chi connectivity index (χ1n) is 10.6. The molecular weight excluding hydrogens is 366 g/mol. The molecule has 0 unspecified atom stereocenters. The van der Waals surface area contributed by atoms with Crippen LogP contribution in [0.25, 0.3) is 5.65 Å². The van der Waals surface area contributed by atoms with Gasteiger partial charge < -0.3 is 15.3 Å². The van der Waals surface area contributed by atoms with Crippen molar-refractivity contribution in [2.24, 2.45) is 0 Å². The van der Waals surface area contributed by atoms with Crippen molar-refractivity contribution in [2.45, 2.75) is 57.0 Å². The molecule has 0 aromatic carbocycles. The van der Waals surface area contributed by atoms with E-state index in [4.69, 9.17) is 9.97 Å². The first-order valence-corrected chi connectivity index (χ1v) is 10.6. The smallest absolute Gasteiger partial charge is 0.230 e. The van der Waals surface area contributed by atoms with Gasteiger partial charge in [-0.3, -0.25) is 4.98 Å². The minimum Gasteiger partial charge on any atom is -0.396 e. The first kappa shape index (κ1) is 18.3.